The Morgan fingerprint density at radius 3 is 2.12 bits per heavy atom. The fourth-order valence-electron chi connectivity index (χ4n) is 1.96. The zero-order valence-electron chi connectivity index (χ0n) is 9.74. The Bertz CT molecular complexity index is 374. The topological polar surface area (TPSA) is 43.4 Å². The molecule has 0 aliphatic carbocycles. The van der Waals surface area contributed by atoms with Crippen LogP contribution in [-0.2, 0) is 19.7 Å². The van der Waals surface area contributed by atoms with E-state index in [0.717, 1.165) is 31.1 Å². The van der Waals surface area contributed by atoms with Gasteiger partial charge in [-0.05, 0) is 36.0 Å². The van der Waals surface area contributed by atoms with Crippen molar-refractivity contribution in [1.29, 1.82) is 0 Å². The van der Waals surface area contributed by atoms with Crippen molar-refractivity contribution in [2.75, 3.05) is 13.2 Å². The summed E-state index contributed by atoms with van der Waals surface area (Å²) in [6.45, 7) is 4.05. The summed E-state index contributed by atoms with van der Waals surface area (Å²) in [5.41, 5.74) is 1.66. The van der Waals surface area contributed by atoms with Gasteiger partial charge in [0.15, 0.2) is 0 Å². The molecule has 1 aliphatic heterocycles. The summed E-state index contributed by atoms with van der Waals surface area (Å²) in [6, 6.07) is 8.20. The Hall–Kier alpha value is -1.15. The lowest BCUT2D eigenvalue weighted by Gasteiger charge is -2.34. The molecule has 0 bridgehead atoms. The lowest BCUT2D eigenvalue weighted by molar-refractivity contribution is -0.191. The predicted molar refractivity (Wildman–Crippen MR) is 63.9 cm³/mol. The fraction of sp³-hybridized carbons (Fsp3) is 0.462. The normalized spacial score (nSPS) is 17.5. The molecule has 0 unspecified atom stereocenters. The fourth-order valence-corrected chi connectivity index (χ4v) is 2.09. The molecule has 0 N–H and O–H groups in total. The second kappa shape index (κ2) is 6.55. The summed E-state index contributed by atoms with van der Waals surface area (Å²) < 4.78 is 5.38. The number of ether oxygens (including phenoxy) is 1. The molecule has 3 nitrogen and oxygen atoms in total. The highest BCUT2D eigenvalue weighted by molar-refractivity contribution is 6.30. The van der Waals surface area contributed by atoms with Crippen LogP contribution in [-0.4, -0.2) is 19.4 Å². The number of benzene rings is 1. The minimum absolute atomic E-state index is 0.250. The Balaban J connectivity index is 0.000000437. The molecule has 1 fully saturated rings. The molecular formula is C13H15ClO3. The molecule has 0 saturated carbocycles. The highest BCUT2D eigenvalue weighted by atomic mass is 35.5. The van der Waals surface area contributed by atoms with Crippen LogP contribution in [0, 0.1) is 0 Å². The van der Waals surface area contributed by atoms with Gasteiger partial charge >= 0.3 is 6.15 Å². The molecule has 17 heavy (non-hydrogen) atoms. The van der Waals surface area contributed by atoms with Gasteiger partial charge in [-0.15, -0.1) is 0 Å². The Morgan fingerprint density at radius 2 is 1.65 bits per heavy atom. The van der Waals surface area contributed by atoms with Gasteiger partial charge in [0.1, 0.15) is 0 Å². The monoisotopic (exact) mass is 254 g/mol. The maximum absolute atomic E-state index is 8.12. The molecule has 1 aliphatic rings. The van der Waals surface area contributed by atoms with Gasteiger partial charge in [-0.25, -0.2) is 0 Å². The second-order valence-electron chi connectivity index (χ2n) is 4.26. The molecule has 0 radical (unpaired) electrons. The van der Waals surface area contributed by atoms with Crippen molar-refractivity contribution >= 4 is 17.8 Å². The molecule has 1 heterocycles. The van der Waals surface area contributed by atoms with Crippen LogP contribution in [0.3, 0.4) is 0 Å². The van der Waals surface area contributed by atoms with E-state index in [1.807, 2.05) is 12.1 Å². The molecule has 0 spiro atoms. The largest absolute Gasteiger partial charge is 0.381 e. The van der Waals surface area contributed by atoms with E-state index >= 15 is 0 Å². The van der Waals surface area contributed by atoms with Crippen LogP contribution in [0.1, 0.15) is 25.3 Å². The highest BCUT2D eigenvalue weighted by Gasteiger charge is 2.28. The van der Waals surface area contributed by atoms with Crippen molar-refractivity contribution in [3.05, 3.63) is 34.9 Å². The Kier molecular flexibility index (Phi) is 5.36. The van der Waals surface area contributed by atoms with Gasteiger partial charge in [-0.2, -0.15) is 9.59 Å². The van der Waals surface area contributed by atoms with Crippen LogP contribution in [0.5, 0.6) is 0 Å². The van der Waals surface area contributed by atoms with Crippen molar-refractivity contribution in [3.8, 4) is 0 Å². The van der Waals surface area contributed by atoms with E-state index in [4.69, 9.17) is 25.9 Å². The van der Waals surface area contributed by atoms with Crippen molar-refractivity contribution in [2.24, 2.45) is 0 Å². The van der Waals surface area contributed by atoms with Gasteiger partial charge in [-0.1, -0.05) is 30.7 Å². The lowest BCUT2D eigenvalue weighted by Crippen LogP contribution is -2.30. The third-order valence-corrected chi connectivity index (χ3v) is 3.39. The van der Waals surface area contributed by atoms with Crippen molar-refractivity contribution in [3.63, 3.8) is 0 Å². The smallest absolute Gasteiger partial charge is 0.373 e. The molecule has 92 valence electrons. The first-order valence-electron chi connectivity index (χ1n) is 5.45. The van der Waals surface area contributed by atoms with E-state index < -0.39 is 0 Å². The molecule has 1 aromatic carbocycles. The zero-order valence-corrected chi connectivity index (χ0v) is 10.5. The van der Waals surface area contributed by atoms with Crippen LogP contribution >= 0.6 is 11.6 Å². The second-order valence-corrected chi connectivity index (χ2v) is 4.70. The van der Waals surface area contributed by atoms with Crippen LogP contribution in [0.4, 0.5) is 0 Å². The minimum atomic E-state index is 0.250. The summed E-state index contributed by atoms with van der Waals surface area (Å²) in [6.07, 6.45) is 2.46. The maximum atomic E-state index is 8.12. The summed E-state index contributed by atoms with van der Waals surface area (Å²) in [4.78, 5) is 16.2. The van der Waals surface area contributed by atoms with Gasteiger partial charge in [0.2, 0.25) is 0 Å². The standard InChI is InChI=1S/C12H15ClO.CO2/c1-12(6-8-14-9-7-12)10-2-4-11(13)5-3-10;2-1-3/h2-5H,6-9H2,1H3;. The van der Waals surface area contributed by atoms with E-state index in [2.05, 4.69) is 19.1 Å². The van der Waals surface area contributed by atoms with E-state index in [-0.39, 0.29) is 11.6 Å². The number of hydrogen-bond acceptors (Lipinski definition) is 3. The molecule has 0 atom stereocenters. The first-order valence-corrected chi connectivity index (χ1v) is 5.83. The third-order valence-electron chi connectivity index (χ3n) is 3.14. The number of halogens is 1. The van der Waals surface area contributed by atoms with Crippen LogP contribution in [0.2, 0.25) is 5.02 Å². The summed E-state index contributed by atoms with van der Waals surface area (Å²) in [5.74, 6) is 0. The third kappa shape index (κ3) is 3.97. The molecular weight excluding hydrogens is 240 g/mol. The predicted octanol–water partition coefficient (Wildman–Crippen LogP) is 2.82. The highest BCUT2D eigenvalue weighted by Crippen LogP contribution is 2.34. The maximum Gasteiger partial charge on any atom is 0.373 e. The van der Waals surface area contributed by atoms with Crippen LogP contribution in [0.25, 0.3) is 0 Å². The van der Waals surface area contributed by atoms with Crippen molar-refractivity contribution in [1.82, 2.24) is 0 Å². The van der Waals surface area contributed by atoms with Crippen LogP contribution < -0.4 is 0 Å². The van der Waals surface area contributed by atoms with E-state index in [1.165, 1.54) is 5.56 Å². The van der Waals surface area contributed by atoms with Gasteiger partial charge in [0.25, 0.3) is 0 Å². The van der Waals surface area contributed by atoms with Crippen molar-refractivity contribution in [2.45, 2.75) is 25.2 Å². The average molecular weight is 255 g/mol. The number of rotatable bonds is 1. The molecule has 4 heteroatoms. The summed E-state index contributed by atoms with van der Waals surface area (Å²) in [7, 11) is 0. The van der Waals surface area contributed by atoms with Gasteiger partial charge in [-0.3, -0.25) is 0 Å². The number of hydrogen-bond donors (Lipinski definition) is 0. The van der Waals surface area contributed by atoms with E-state index in [1.54, 1.807) is 0 Å². The summed E-state index contributed by atoms with van der Waals surface area (Å²) in [5, 5.41) is 0.810. The molecule has 2 rings (SSSR count). The van der Waals surface area contributed by atoms with Crippen LogP contribution in [0.15, 0.2) is 24.3 Å². The van der Waals surface area contributed by atoms with Gasteiger partial charge in [0, 0.05) is 18.2 Å². The van der Waals surface area contributed by atoms with E-state index in [9.17, 15) is 0 Å². The Labute approximate surface area is 106 Å². The SMILES string of the molecule is CC1(c2ccc(Cl)cc2)CCOCC1.O=C=O. The molecule has 0 aromatic heterocycles. The average Bonchev–Trinajstić information content (AvgIpc) is 2.31. The minimum Gasteiger partial charge on any atom is -0.381 e. The zero-order chi connectivity index (χ0) is 12.7. The molecule has 1 saturated heterocycles. The first-order chi connectivity index (χ1) is 8.12. The molecule has 1 aromatic rings. The first kappa shape index (κ1) is 13.9. The Morgan fingerprint density at radius 1 is 1.18 bits per heavy atom. The lowest BCUT2D eigenvalue weighted by atomic mass is 9.76. The number of carbonyl (C=O) groups excluding carboxylic acids is 2. The van der Waals surface area contributed by atoms with E-state index in [0.29, 0.717) is 0 Å². The summed E-state index contributed by atoms with van der Waals surface area (Å²) >= 11 is 5.87. The van der Waals surface area contributed by atoms with Gasteiger partial charge < -0.3 is 4.74 Å². The molecule has 0 amide bonds. The van der Waals surface area contributed by atoms with Gasteiger partial charge in [0.05, 0.1) is 0 Å². The van der Waals surface area contributed by atoms with Crippen molar-refractivity contribution < 1.29 is 14.3 Å². The quantitative estimate of drug-likeness (QED) is 0.774.